The average Bonchev–Trinajstić information content (AvgIpc) is 2.33. The maximum absolute atomic E-state index is 11.8. The van der Waals surface area contributed by atoms with Crippen molar-refractivity contribution in [2.24, 2.45) is 5.73 Å². The molecule has 4 N–H and O–H groups in total. The van der Waals surface area contributed by atoms with E-state index in [2.05, 4.69) is 15.4 Å². The third-order valence-electron chi connectivity index (χ3n) is 2.15. The molecule has 0 aliphatic heterocycles. The predicted octanol–water partition coefficient (Wildman–Crippen LogP) is 0.245. The van der Waals surface area contributed by atoms with Crippen molar-refractivity contribution in [3.8, 4) is 0 Å². The number of carbonyl (C=O) groups excluding carboxylic acids is 4. The summed E-state index contributed by atoms with van der Waals surface area (Å²) in [6, 6.07) is 4.19. The Labute approximate surface area is 120 Å². The second kappa shape index (κ2) is 7.04. The van der Waals surface area contributed by atoms with Crippen molar-refractivity contribution >= 4 is 35.1 Å². The fraction of sp³-hybridized carbons (Fsp3) is 0.231. The summed E-state index contributed by atoms with van der Waals surface area (Å²) in [5.41, 5.74) is 5.55. The molecule has 0 bridgehead atoms. The van der Waals surface area contributed by atoms with Gasteiger partial charge >= 0.3 is 5.97 Å². The molecule has 0 radical (unpaired) electrons. The van der Waals surface area contributed by atoms with Crippen molar-refractivity contribution in [3.05, 3.63) is 23.8 Å². The molecule has 1 aromatic rings. The standard InChI is InChI=1S/C13H15N3O5/c1-7(17)15-10-3-9(13(20)21-6-12(14)19)4-11(5-10)16-8(2)18/h3-5H,6H2,1-2H3,(H2,14,19)(H,15,17)(H,16,18). The summed E-state index contributed by atoms with van der Waals surface area (Å²) in [4.78, 5) is 44.5. The van der Waals surface area contributed by atoms with Gasteiger partial charge in [-0.3, -0.25) is 14.4 Å². The summed E-state index contributed by atoms with van der Waals surface area (Å²) in [7, 11) is 0. The molecule has 1 aromatic carbocycles. The number of carbonyl (C=O) groups is 4. The molecular weight excluding hydrogens is 278 g/mol. The molecule has 112 valence electrons. The van der Waals surface area contributed by atoms with E-state index in [1.165, 1.54) is 32.0 Å². The topological polar surface area (TPSA) is 128 Å². The lowest BCUT2D eigenvalue weighted by atomic mass is 10.1. The van der Waals surface area contributed by atoms with Crippen LogP contribution < -0.4 is 16.4 Å². The Bertz CT molecular complexity index is 563. The van der Waals surface area contributed by atoms with Crippen LogP contribution in [0.5, 0.6) is 0 Å². The number of hydrogen-bond donors (Lipinski definition) is 3. The van der Waals surface area contributed by atoms with E-state index in [-0.39, 0.29) is 17.4 Å². The van der Waals surface area contributed by atoms with Gasteiger partial charge in [-0.15, -0.1) is 0 Å². The molecule has 3 amide bonds. The molecular formula is C13H15N3O5. The van der Waals surface area contributed by atoms with Crippen LogP contribution >= 0.6 is 0 Å². The Morgan fingerprint density at radius 2 is 1.48 bits per heavy atom. The van der Waals surface area contributed by atoms with E-state index < -0.39 is 18.5 Å². The number of rotatable bonds is 5. The van der Waals surface area contributed by atoms with Gasteiger partial charge in [0.15, 0.2) is 6.61 Å². The summed E-state index contributed by atoms with van der Waals surface area (Å²) >= 11 is 0. The maximum Gasteiger partial charge on any atom is 0.338 e. The molecule has 21 heavy (non-hydrogen) atoms. The van der Waals surface area contributed by atoms with E-state index in [9.17, 15) is 19.2 Å². The quantitative estimate of drug-likeness (QED) is 0.670. The molecule has 0 spiro atoms. The highest BCUT2D eigenvalue weighted by Gasteiger charge is 2.12. The number of esters is 1. The minimum Gasteiger partial charge on any atom is -0.452 e. The van der Waals surface area contributed by atoms with Gasteiger partial charge < -0.3 is 21.1 Å². The maximum atomic E-state index is 11.8. The third kappa shape index (κ3) is 5.72. The molecule has 0 atom stereocenters. The van der Waals surface area contributed by atoms with E-state index >= 15 is 0 Å². The molecule has 0 aliphatic carbocycles. The second-order valence-corrected chi connectivity index (χ2v) is 4.20. The first-order chi connectivity index (χ1) is 9.77. The van der Waals surface area contributed by atoms with Crippen LogP contribution in [-0.4, -0.2) is 30.3 Å². The van der Waals surface area contributed by atoms with Crippen LogP contribution in [0.4, 0.5) is 11.4 Å². The Balaban J connectivity index is 3.05. The van der Waals surface area contributed by atoms with Gasteiger partial charge in [-0.1, -0.05) is 0 Å². The third-order valence-corrected chi connectivity index (χ3v) is 2.15. The number of ether oxygens (including phenoxy) is 1. The highest BCUT2D eigenvalue weighted by atomic mass is 16.5. The molecule has 0 saturated carbocycles. The molecule has 0 fully saturated rings. The van der Waals surface area contributed by atoms with Crippen molar-refractivity contribution in [1.29, 1.82) is 0 Å². The van der Waals surface area contributed by atoms with Crippen molar-refractivity contribution in [3.63, 3.8) is 0 Å². The minimum atomic E-state index is -0.799. The summed E-state index contributed by atoms with van der Waals surface area (Å²) in [5, 5.41) is 4.98. The predicted molar refractivity (Wildman–Crippen MR) is 74.5 cm³/mol. The van der Waals surface area contributed by atoms with Gasteiger partial charge in [0.1, 0.15) is 0 Å². The van der Waals surface area contributed by atoms with Crippen LogP contribution in [0.15, 0.2) is 18.2 Å². The van der Waals surface area contributed by atoms with Gasteiger partial charge in [0.2, 0.25) is 11.8 Å². The van der Waals surface area contributed by atoms with Crippen molar-refractivity contribution in [2.75, 3.05) is 17.2 Å². The highest BCUT2D eigenvalue weighted by molar-refractivity contribution is 5.98. The minimum absolute atomic E-state index is 0.0613. The van der Waals surface area contributed by atoms with Crippen molar-refractivity contribution < 1.29 is 23.9 Å². The molecule has 0 aromatic heterocycles. The Kier molecular flexibility index (Phi) is 5.41. The van der Waals surface area contributed by atoms with Crippen LogP contribution in [0.2, 0.25) is 0 Å². The lowest BCUT2D eigenvalue weighted by molar-refractivity contribution is -0.121. The molecule has 8 nitrogen and oxygen atoms in total. The number of nitrogens with one attached hydrogen (secondary N) is 2. The van der Waals surface area contributed by atoms with Crippen molar-refractivity contribution in [2.45, 2.75) is 13.8 Å². The van der Waals surface area contributed by atoms with Gasteiger partial charge in [-0.05, 0) is 18.2 Å². The highest BCUT2D eigenvalue weighted by Crippen LogP contribution is 2.20. The number of anilines is 2. The van der Waals surface area contributed by atoms with Crippen molar-refractivity contribution in [1.82, 2.24) is 0 Å². The molecule has 0 heterocycles. The van der Waals surface area contributed by atoms with E-state index in [1.807, 2.05) is 0 Å². The van der Waals surface area contributed by atoms with E-state index in [0.717, 1.165) is 0 Å². The van der Waals surface area contributed by atoms with Crippen LogP contribution in [0.1, 0.15) is 24.2 Å². The average molecular weight is 293 g/mol. The first-order valence-electron chi connectivity index (χ1n) is 5.93. The normalized spacial score (nSPS) is 9.62. The summed E-state index contributed by atoms with van der Waals surface area (Å²) in [6.45, 7) is 2.05. The van der Waals surface area contributed by atoms with E-state index in [1.54, 1.807) is 0 Å². The van der Waals surface area contributed by atoms with Gasteiger partial charge in [-0.2, -0.15) is 0 Å². The van der Waals surface area contributed by atoms with Gasteiger partial charge in [-0.25, -0.2) is 4.79 Å². The number of amides is 3. The van der Waals surface area contributed by atoms with Crippen LogP contribution in [0.3, 0.4) is 0 Å². The molecule has 8 heteroatoms. The fourth-order valence-corrected chi connectivity index (χ4v) is 1.52. The summed E-state index contributed by atoms with van der Waals surface area (Å²) < 4.78 is 4.67. The molecule has 0 saturated heterocycles. The lowest BCUT2D eigenvalue weighted by Gasteiger charge is -2.10. The van der Waals surface area contributed by atoms with E-state index in [4.69, 9.17) is 5.73 Å². The largest absolute Gasteiger partial charge is 0.452 e. The Morgan fingerprint density at radius 3 is 1.86 bits per heavy atom. The summed E-state index contributed by atoms with van der Waals surface area (Å²) in [6.07, 6.45) is 0. The molecule has 0 aliphatic rings. The summed E-state index contributed by atoms with van der Waals surface area (Å²) in [5.74, 6) is -2.27. The monoisotopic (exact) mass is 293 g/mol. The SMILES string of the molecule is CC(=O)Nc1cc(NC(C)=O)cc(C(=O)OCC(N)=O)c1. The molecule has 1 rings (SSSR count). The zero-order valence-electron chi connectivity index (χ0n) is 11.6. The fourth-order valence-electron chi connectivity index (χ4n) is 1.52. The number of hydrogen-bond acceptors (Lipinski definition) is 5. The Morgan fingerprint density at radius 1 is 1.00 bits per heavy atom. The first-order valence-corrected chi connectivity index (χ1v) is 5.93. The Hall–Kier alpha value is -2.90. The zero-order chi connectivity index (χ0) is 16.0. The number of primary amides is 1. The van der Waals surface area contributed by atoms with Gasteiger partial charge in [0.25, 0.3) is 5.91 Å². The zero-order valence-corrected chi connectivity index (χ0v) is 11.6. The van der Waals surface area contributed by atoms with Crippen LogP contribution in [0, 0.1) is 0 Å². The van der Waals surface area contributed by atoms with Crippen LogP contribution in [-0.2, 0) is 19.1 Å². The second-order valence-electron chi connectivity index (χ2n) is 4.20. The first kappa shape index (κ1) is 16.2. The van der Waals surface area contributed by atoms with Gasteiger partial charge in [0, 0.05) is 25.2 Å². The lowest BCUT2D eigenvalue weighted by Crippen LogP contribution is -2.21. The number of nitrogens with two attached hydrogens (primary N) is 1. The number of benzene rings is 1. The van der Waals surface area contributed by atoms with E-state index in [0.29, 0.717) is 11.4 Å². The van der Waals surface area contributed by atoms with Gasteiger partial charge in [0.05, 0.1) is 5.56 Å². The smallest absolute Gasteiger partial charge is 0.338 e. The molecule has 0 unspecified atom stereocenters. The van der Waals surface area contributed by atoms with Crippen LogP contribution in [0.25, 0.3) is 0 Å².